The molecule has 0 radical (unpaired) electrons. The quantitative estimate of drug-likeness (QED) is 0.703. The summed E-state index contributed by atoms with van der Waals surface area (Å²) in [7, 11) is 4.50. The molecule has 1 N–H and O–H groups in total. The summed E-state index contributed by atoms with van der Waals surface area (Å²) in [5.74, 6) is 0.200. The third-order valence-corrected chi connectivity index (χ3v) is 4.99. The molecular formula is C22H24N2O6. The number of rotatable bonds is 7. The molecule has 3 rings (SSSR count). The Morgan fingerprint density at radius 3 is 2.27 bits per heavy atom. The van der Waals surface area contributed by atoms with E-state index in [2.05, 4.69) is 5.32 Å². The first-order valence-electron chi connectivity index (χ1n) is 9.40. The lowest BCUT2D eigenvalue weighted by Crippen LogP contribution is -2.28. The second-order valence-corrected chi connectivity index (χ2v) is 6.92. The number of hydrogen-bond donors (Lipinski definition) is 1. The van der Waals surface area contributed by atoms with Gasteiger partial charge in [-0.3, -0.25) is 14.4 Å². The van der Waals surface area contributed by atoms with Crippen molar-refractivity contribution >= 4 is 29.0 Å². The van der Waals surface area contributed by atoms with Gasteiger partial charge in [-0.25, -0.2) is 0 Å². The summed E-state index contributed by atoms with van der Waals surface area (Å²) in [4.78, 5) is 38.4. The van der Waals surface area contributed by atoms with Crippen LogP contribution < -0.4 is 24.4 Å². The molecule has 2 aromatic rings. The van der Waals surface area contributed by atoms with Gasteiger partial charge in [0.1, 0.15) is 0 Å². The van der Waals surface area contributed by atoms with Crippen molar-refractivity contribution in [2.45, 2.75) is 13.3 Å². The Hall–Kier alpha value is -3.55. The maximum atomic E-state index is 12.7. The molecule has 1 fully saturated rings. The zero-order valence-electron chi connectivity index (χ0n) is 17.4. The van der Waals surface area contributed by atoms with Crippen molar-refractivity contribution in [3.63, 3.8) is 0 Å². The Morgan fingerprint density at radius 1 is 1.03 bits per heavy atom. The Kier molecular flexibility index (Phi) is 6.25. The largest absolute Gasteiger partial charge is 0.493 e. The van der Waals surface area contributed by atoms with Crippen LogP contribution >= 0.6 is 0 Å². The fourth-order valence-electron chi connectivity index (χ4n) is 3.42. The average molecular weight is 412 g/mol. The van der Waals surface area contributed by atoms with Crippen LogP contribution in [0.25, 0.3) is 0 Å². The number of nitrogens with one attached hydrogen (secondary N) is 1. The number of nitrogens with zero attached hydrogens (tertiary/aromatic N) is 1. The molecule has 8 nitrogen and oxygen atoms in total. The second-order valence-electron chi connectivity index (χ2n) is 6.92. The molecule has 1 aliphatic heterocycles. The number of hydrogen-bond acceptors (Lipinski definition) is 6. The Morgan fingerprint density at radius 2 is 1.70 bits per heavy atom. The van der Waals surface area contributed by atoms with Crippen LogP contribution in [0.2, 0.25) is 0 Å². The minimum atomic E-state index is -0.530. The van der Waals surface area contributed by atoms with E-state index in [0.717, 1.165) is 0 Å². The van der Waals surface area contributed by atoms with Gasteiger partial charge in [-0.05, 0) is 19.1 Å². The number of anilines is 2. The summed E-state index contributed by atoms with van der Waals surface area (Å²) >= 11 is 0. The van der Waals surface area contributed by atoms with Crippen molar-refractivity contribution in [1.29, 1.82) is 0 Å². The number of carbonyl (C=O) groups excluding carboxylic acids is 3. The number of carbonyl (C=O) groups is 3. The number of methoxy groups -OCH3 is 3. The molecular weight excluding hydrogens is 388 g/mol. The zero-order valence-corrected chi connectivity index (χ0v) is 17.4. The molecule has 1 heterocycles. The number of ether oxygens (including phenoxy) is 3. The van der Waals surface area contributed by atoms with E-state index >= 15 is 0 Å². The highest BCUT2D eigenvalue weighted by molar-refractivity contribution is 6.04. The summed E-state index contributed by atoms with van der Waals surface area (Å²) < 4.78 is 16.0. The van der Waals surface area contributed by atoms with E-state index < -0.39 is 5.92 Å². The van der Waals surface area contributed by atoms with Gasteiger partial charge in [-0.2, -0.15) is 0 Å². The molecule has 8 heteroatoms. The second kappa shape index (κ2) is 8.86. The van der Waals surface area contributed by atoms with Gasteiger partial charge < -0.3 is 24.4 Å². The van der Waals surface area contributed by atoms with Gasteiger partial charge in [0, 0.05) is 36.3 Å². The van der Waals surface area contributed by atoms with E-state index in [-0.39, 0.29) is 30.6 Å². The molecule has 158 valence electrons. The van der Waals surface area contributed by atoms with Crippen molar-refractivity contribution in [2.75, 3.05) is 38.1 Å². The van der Waals surface area contributed by atoms with E-state index in [0.29, 0.717) is 34.2 Å². The number of amides is 2. The Bertz CT molecular complexity index is 962. The van der Waals surface area contributed by atoms with Crippen molar-refractivity contribution in [3.8, 4) is 17.2 Å². The molecule has 0 bridgehead atoms. The van der Waals surface area contributed by atoms with Crippen LogP contribution in [-0.2, 0) is 9.59 Å². The lowest BCUT2D eigenvalue weighted by atomic mass is 10.1. The van der Waals surface area contributed by atoms with Crippen LogP contribution in [0.15, 0.2) is 36.4 Å². The fourth-order valence-corrected chi connectivity index (χ4v) is 3.42. The number of ketones is 1. The Balaban J connectivity index is 1.79. The van der Waals surface area contributed by atoms with E-state index in [1.165, 1.54) is 33.2 Å². The highest BCUT2D eigenvalue weighted by Gasteiger charge is 2.36. The molecule has 0 saturated carbocycles. The van der Waals surface area contributed by atoms with Gasteiger partial charge in [-0.15, -0.1) is 0 Å². The van der Waals surface area contributed by atoms with Crippen molar-refractivity contribution in [1.82, 2.24) is 0 Å². The smallest absolute Gasteiger partial charge is 0.229 e. The molecule has 30 heavy (non-hydrogen) atoms. The predicted octanol–water partition coefficient (Wildman–Crippen LogP) is 2.91. The zero-order chi connectivity index (χ0) is 21.8. The van der Waals surface area contributed by atoms with E-state index in [1.807, 2.05) is 0 Å². The van der Waals surface area contributed by atoms with E-state index in [9.17, 15) is 14.4 Å². The van der Waals surface area contributed by atoms with Gasteiger partial charge in [0.25, 0.3) is 0 Å². The van der Waals surface area contributed by atoms with Crippen LogP contribution in [0.4, 0.5) is 11.4 Å². The molecule has 0 spiro atoms. The Labute approximate surface area is 174 Å². The molecule has 1 atom stereocenters. The molecule has 1 saturated heterocycles. The van der Waals surface area contributed by atoms with Crippen LogP contribution in [-0.4, -0.2) is 45.5 Å². The molecule has 0 unspecified atom stereocenters. The van der Waals surface area contributed by atoms with Crippen molar-refractivity contribution in [3.05, 3.63) is 42.0 Å². The molecule has 2 amide bonds. The maximum absolute atomic E-state index is 12.7. The molecule has 0 aromatic heterocycles. The van der Waals surface area contributed by atoms with Crippen LogP contribution in [0, 0.1) is 5.92 Å². The summed E-state index contributed by atoms with van der Waals surface area (Å²) in [6, 6.07) is 10.1. The minimum Gasteiger partial charge on any atom is -0.493 e. The molecule has 2 aromatic carbocycles. The average Bonchev–Trinajstić information content (AvgIpc) is 3.14. The number of benzene rings is 2. The van der Waals surface area contributed by atoms with Gasteiger partial charge >= 0.3 is 0 Å². The van der Waals surface area contributed by atoms with Gasteiger partial charge in [0.15, 0.2) is 17.3 Å². The third-order valence-electron chi connectivity index (χ3n) is 4.99. The highest BCUT2D eigenvalue weighted by atomic mass is 16.5. The SMILES string of the molecule is COc1cc(N2C[C@@H](C(=O)Nc3cccc(C(C)=O)c3)CC2=O)cc(OC)c1OC. The summed E-state index contributed by atoms with van der Waals surface area (Å²) in [6.45, 7) is 1.68. The maximum Gasteiger partial charge on any atom is 0.229 e. The van der Waals surface area contributed by atoms with Crippen LogP contribution in [0.3, 0.4) is 0 Å². The summed E-state index contributed by atoms with van der Waals surface area (Å²) in [5, 5.41) is 2.80. The van der Waals surface area contributed by atoms with Crippen molar-refractivity contribution in [2.24, 2.45) is 5.92 Å². The van der Waals surface area contributed by atoms with Crippen LogP contribution in [0.5, 0.6) is 17.2 Å². The minimum absolute atomic E-state index is 0.0783. The van der Waals surface area contributed by atoms with Gasteiger partial charge in [-0.1, -0.05) is 12.1 Å². The summed E-state index contributed by atoms with van der Waals surface area (Å²) in [5.41, 5.74) is 1.59. The van der Waals surface area contributed by atoms with Crippen molar-refractivity contribution < 1.29 is 28.6 Å². The molecule has 1 aliphatic rings. The molecule has 0 aliphatic carbocycles. The first kappa shape index (κ1) is 21.2. The lowest BCUT2D eigenvalue weighted by Gasteiger charge is -2.20. The topological polar surface area (TPSA) is 94.2 Å². The van der Waals surface area contributed by atoms with Crippen LogP contribution in [0.1, 0.15) is 23.7 Å². The standard InChI is InChI=1S/C22H24N2O6/c1-13(25)14-6-5-7-16(8-14)23-22(27)15-9-20(26)24(12-15)17-10-18(28-2)21(30-4)19(11-17)29-3/h5-8,10-11,15H,9,12H2,1-4H3,(H,23,27)/t15-/m0/s1. The van der Waals surface area contributed by atoms with Gasteiger partial charge in [0.05, 0.1) is 32.9 Å². The highest BCUT2D eigenvalue weighted by Crippen LogP contribution is 2.42. The van der Waals surface area contributed by atoms with E-state index in [1.54, 1.807) is 36.4 Å². The van der Waals surface area contributed by atoms with Gasteiger partial charge in [0.2, 0.25) is 17.6 Å². The fraction of sp³-hybridized carbons (Fsp3) is 0.318. The predicted molar refractivity (Wildman–Crippen MR) is 112 cm³/mol. The number of Topliss-reactive ketones (excluding diaryl/α,β-unsaturated/α-hetero) is 1. The lowest BCUT2D eigenvalue weighted by molar-refractivity contribution is -0.122. The monoisotopic (exact) mass is 412 g/mol. The summed E-state index contributed by atoms with van der Waals surface area (Å²) in [6.07, 6.45) is 0.0783. The third kappa shape index (κ3) is 4.22. The van der Waals surface area contributed by atoms with E-state index in [4.69, 9.17) is 14.2 Å². The first-order valence-corrected chi connectivity index (χ1v) is 9.40. The first-order chi connectivity index (χ1) is 14.4. The normalized spacial score (nSPS) is 15.7.